The Hall–Kier alpha value is -5.01. The zero-order valence-electron chi connectivity index (χ0n) is 23.8. The lowest BCUT2D eigenvalue weighted by molar-refractivity contribution is -0.687. The molecule has 20 heteroatoms. The summed E-state index contributed by atoms with van der Waals surface area (Å²) in [5.74, 6) is -2.57. The summed E-state index contributed by atoms with van der Waals surface area (Å²) in [5.41, 5.74) is 4.57. The summed E-state index contributed by atoms with van der Waals surface area (Å²) in [6.45, 7) is 2.80. The van der Waals surface area contributed by atoms with Crippen LogP contribution in [0.5, 0.6) is 11.5 Å². The van der Waals surface area contributed by atoms with Gasteiger partial charge in [0.05, 0.1) is 5.70 Å². The molecule has 1 fully saturated rings. The lowest BCUT2D eigenvalue weighted by atomic mass is 10.0. The molecule has 4 aromatic rings. The van der Waals surface area contributed by atoms with E-state index in [1.54, 1.807) is 18.5 Å². The number of hydrogen-bond acceptors (Lipinski definition) is 14. The summed E-state index contributed by atoms with van der Waals surface area (Å²) in [6, 6.07) is 3.67. The van der Waals surface area contributed by atoms with Crippen molar-refractivity contribution in [1.29, 1.82) is 0 Å². The van der Waals surface area contributed by atoms with Crippen molar-refractivity contribution in [3.8, 4) is 11.5 Å². The number of carbonyl (C=O) groups excluding carboxylic acids is 2. The average molecular weight is 688 g/mol. The molecule has 17 nitrogen and oxygen atoms in total. The number of hydrogen-bond donors (Lipinski definition) is 6. The second kappa shape index (κ2) is 11.7. The number of carboxylic acid groups (broad SMARTS) is 1. The molecule has 1 aromatic carbocycles. The molecule has 0 aliphatic carbocycles. The molecular formula is C26H24ClN10O7S2+. The van der Waals surface area contributed by atoms with Gasteiger partial charge in [-0.1, -0.05) is 28.1 Å². The Labute approximate surface area is 271 Å². The molecule has 2 aliphatic heterocycles. The third-order valence-electron chi connectivity index (χ3n) is 7.12. The number of pyridine rings is 1. The molecule has 7 N–H and O–H groups in total. The van der Waals surface area contributed by atoms with Crippen LogP contribution < -0.4 is 15.6 Å². The number of nitrogens with two attached hydrogens (primary N) is 1. The number of aromatic hydroxyl groups is 2. The second-order valence-electron chi connectivity index (χ2n) is 10.7. The van der Waals surface area contributed by atoms with Crippen LogP contribution in [0.25, 0.3) is 16.5 Å². The molecule has 5 heterocycles. The largest absolute Gasteiger partial charge is 0.504 e. The van der Waals surface area contributed by atoms with Gasteiger partial charge in [-0.05, 0) is 36.6 Å². The zero-order chi connectivity index (χ0) is 32.9. The van der Waals surface area contributed by atoms with E-state index in [-0.39, 0.29) is 32.5 Å². The number of nitrogen functional groups attached to an aromatic ring is 1. The van der Waals surface area contributed by atoms with Gasteiger partial charge in [-0.25, -0.2) is 14.3 Å². The number of aromatic amines is 1. The van der Waals surface area contributed by atoms with Gasteiger partial charge in [0.1, 0.15) is 21.4 Å². The predicted octanol–water partition coefficient (Wildman–Crippen LogP) is 0.839. The number of carbonyl (C=O) groups is 3. The number of oxime groups is 1. The minimum absolute atomic E-state index is 0.0157. The highest BCUT2D eigenvalue weighted by molar-refractivity contribution is 8.00. The Balaban J connectivity index is 1.28. The molecule has 0 radical (unpaired) electrons. The summed E-state index contributed by atoms with van der Waals surface area (Å²) in [5, 5.41) is 50.7. The summed E-state index contributed by atoms with van der Waals surface area (Å²) in [6.07, 6.45) is 3.58. The number of aromatic nitrogens is 6. The van der Waals surface area contributed by atoms with Crippen LogP contribution in [0.2, 0.25) is 4.34 Å². The minimum atomic E-state index is -1.80. The Morgan fingerprint density at radius 1 is 1.30 bits per heavy atom. The van der Waals surface area contributed by atoms with E-state index in [1.807, 2.05) is 4.57 Å². The number of nitrogens with one attached hydrogen (secondary N) is 2. The van der Waals surface area contributed by atoms with Crippen molar-refractivity contribution >= 4 is 79.8 Å². The van der Waals surface area contributed by atoms with Gasteiger partial charge in [0.25, 0.3) is 11.8 Å². The molecule has 6 rings (SSSR count). The number of tetrazole rings is 1. The maximum atomic E-state index is 13.6. The number of thiazole rings is 1. The number of halogens is 1. The number of carboxylic acids is 1. The number of β-lactam (4-membered cyclic amide) rings is 1. The number of anilines is 1. The third kappa shape index (κ3) is 5.63. The van der Waals surface area contributed by atoms with E-state index < -0.39 is 40.5 Å². The molecule has 0 bridgehead atoms. The number of benzene rings is 1. The smallest absolute Gasteiger partial charge is 0.350 e. The van der Waals surface area contributed by atoms with Crippen LogP contribution in [0.1, 0.15) is 25.4 Å². The Morgan fingerprint density at radius 3 is 2.70 bits per heavy atom. The Morgan fingerprint density at radius 2 is 2.04 bits per heavy atom. The number of fused-ring (bicyclic) bond motifs is 2. The lowest BCUT2D eigenvalue weighted by Gasteiger charge is -2.49. The zero-order valence-corrected chi connectivity index (χ0v) is 26.2. The van der Waals surface area contributed by atoms with Crippen molar-refractivity contribution in [3.05, 3.63) is 52.0 Å². The normalized spacial score (nSPS) is 18.4. The topological polar surface area (TPSA) is 246 Å². The average Bonchev–Trinajstić information content (AvgIpc) is 3.65. The van der Waals surface area contributed by atoms with Crippen LogP contribution in [0.3, 0.4) is 0 Å². The maximum absolute atomic E-state index is 13.6. The van der Waals surface area contributed by atoms with Crippen LogP contribution in [0.4, 0.5) is 5.13 Å². The lowest BCUT2D eigenvalue weighted by Crippen LogP contribution is -2.70. The van der Waals surface area contributed by atoms with Gasteiger partial charge in [0.15, 0.2) is 41.3 Å². The fourth-order valence-electron chi connectivity index (χ4n) is 4.72. The fraction of sp³-hybridized carbons (Fsp3) is 0.269. The van der Waals surface area contributed by atoms with Crippen molar-refractivity contribution in [2.45, 2.75) is 37.4 Å². The molecular weight excluding hydrogens is 664 g/mol. The van der Waals surface area contributed by atoms with Crippen molar-refractivity contribution in [2.75, 3.05) is 11.5 Å². The van der Waals surface area contributed by atoms with Crippen LogP contribution in [-0.2, 0) is 25.8 Å². The highest BCUT2D eigenvalue weighted by Crippen LogP contribution is 2.43. The quantitative estimate of drug-likeness (QED) is 0.0470. The summed E-state index contributed by atoms with van der Waals surface area (Å²) in [7, 11) is 0. The molecule has 1 saturated heterocycles. The molecule has 2 atom stereocenters. The number of aliphatic carboxylic acids is 1. The van der Waals surface area contributed by atoms with Crippen molar-refractivity contribution in [3.63, 3.8) is 0 Å². The molecule has 0 spiro atoms. The van der Waals surface area contributed by atoms with Gasteiger partial charge >= 0.3 is 5.97 Å². The molecule has 0 saturated carbocycles. The first kappa shape index (κ1) is 31.0. The summed E-state index contributed by atoms with van der Waals surface area (Å²) in [4.78, 5) is 49.4. The van der Waals surface area contributed by atoms with Gasteiger partial charge in [-0.2, -0.15) is 5.21 Å². The number of phenols is 2. The number of rotatable bonds is 9. The van der Waals surface area contributed by atoms with E-state index in [2.05, 4.69) is 36.1 Å². The van der Waals surface area contributed by atoms with Crippen LogP contribution in [0.15, 0.2) is 41.3 Å². The maximum Gasteiger partial charge on any atom is 0.350 e. The fourth-order valence-corrected chi connectivity index (χ4v) is 6.99. The van der Waals surface area contributed by atoms with Gasteiger partial charge in [0.2, 0.25) is 11.4 Å². The van der Waals surface area contributed by atoms with Gasteiger partial charge < -0.3 is 31.2 Å². The first-order chi connectivity index (χ1) is 21.8. The van der Waals surface area contributed by atoms with Crippen molar-refractivity contribution < 1.29 is 39.1 Å². The van der Waals surface area contributed by atoms with Crippen LogP contribution >= 0.6 is 34.7 Å². The standard InChI is InChI=1S/C26H23ClN10O7S2/c1-26(2,24(42)43)44-33-16(15-19(27)46-25(28)30-15)21(40)29-17-22(41)37-18(20-31-34-35-32-20)12(9-45-23(17)37)8-36-4-3-10-5-13(38)14(39)6-11(10)7-36/h3-7,17,23H,8-9H2,1-2H3,(H6,28,29,30,31,32,34,35,39,40,42,43)/p+1/b33-16-/t17-,23-/m1/s1. The predicted molar refractivity (Wildman–Crippen MR) is 164 cm³/mol. The molecule has 46 heavy (non-hydrogen) atoms. The van der Waals surface area contributed by atoms with E-state index in [4.69, 9.17) is 22.2 Å². The first-order valence-electron chi connectivity index (χ1n) is 13.3. The number of phenolic OH excluding ortho intramolecular Hbond substituents is 2. The van der Waals surface area contributed by atoms with Crippen molar-refractivity contribution in [2.24, 2.45) is 5.16 Å². The van der Waals surface area contributed by atoms with E-state index >= 15 is 0 Å². The number of nitrogens with zero attached hydrogens (tertiary/aromatic N) is 7. The van der Waals surface area contributed by atoms with E-state index in [0.717, 1.165) is 22.3 Å². The van der Waals surface area contributed by atoms with Gasteiger partial charge in [-0.15, -0.1) is 22.0 Å². The van der Waals surface area contributed by atoms with E-state index in [1.165, 1.54) is 42.6 Å². The van der Waals surface area contributed by atoms with Gasteiger partial charge in [0, 0.05) is 22.8 Å². The number of H-pyrrole nitrogens is 1. The monoisotopic (exact) mass is 687 g/mol. The number of amides is 2. The molecule has 2 amide bonds. The molecule has 238 valence electrons. The summed E-state index contributed by atoms with van der Waals surface area (Å²) < 4.78 is 1.87. The van der Waals surface area contributed by atoms with Crippen LogP contribution in [-0.4, -0.2) is 92.1 Å². The first-order valence-corrected chi connectivity index (χ1v) is 15.6. The molecule has 3 aromatic heterocycles. The van der Waals surface area contributed by atoms with E-state index in [0.29, 0.717) is 23.4 Å². The summed E-state index contributed by atoms with van der Waals surface area (Å²) >= 11 is 8.51. The van der Waals surface area contributed by atoms with Crippen molar-refractivity contribution in [1.82, 2.24) is 35.8 Å². The Kier molecular flexibility index (Phi) is 7.90. The number of thioether (sulfide) groups is 1. The minimum Gasteiger partial charge on any atom is -0.504 e. The molecule has 2 aliphatic rings. The third-order valence-corrected chi connectivity index (χ3v) is 9.54. The van der Waals surface area contributed by atoms with Crippen LogP contribution in [0, 0.1) is 0 Å². The molecule has 0 unspecified atom stereocenters. The Bertz CT molecular complexity index is 1960. The van der Waals surface area contributed by atoms with E-state index in [9.17, 15) is 29.7 Å². The highest BCUT2D eigenvalue weighted by Gasteiger charge is 2.54. The second-order valence-corrected chi connectivity index (χ2v) is 13.4. The highest BCUT2D eigenvalue weighted by atomic mass is 35.5. The van der Waals surface area contributed by atoms with Gasteiger partial charge in [-0.3, -0.25) is 14.5 Å². The SMILES string of the molecule is CC(C)(O/N=C(\C(=O)N[C@@H]1C(=O)N2C(c3nn[nH]n3)=C(C[n+]3ccc4cc(O)c(O)cc4c3)CS[C@H]12)c1nc(N)sc1Cl)C(=O)O.